The van der Waals surface area contributed by atoms with Gasteiger partial charge in [0.2, 0.25) is 0 Å². The van der Waals surface area contributed by atoms with E-state index in [1.54, 1.807) is 0 Å². The summed E-state index contributed by atoms with van der Waals surface area (Å²) in [6.45, 7) is 0.842. The van der Waals surface area contributed by atoms with Crippen LogP contribution in [0.5, 0.6) is 0 Å². The highest BCUT2D eigenvalue weighted by Gasteiger charge is 2.32. The van der Waals surface area contributed by atoms with Crippen LogP contribution in [0.25, 0.3) is 0 Å². The lowest BCUT2D eigenvalue weighted by atomic mass is 9.93. The van der Waals surface area contributed by atoms with E-state index in [9.17, 15) is 19.1 Å². The number of carbonyl (C=O) groups is 2. The Labute approximate surface area is 126 Å². The molecule has 1 aliphatic heterocycles. The van der Waals surface area contributed by atoms with Gasteiger partial charge in [0.05, 0.1) is 12.2 Å². The van der Waals surface area contributed by atoms with E-state index in [0.29, 0.717) is 13.0 Å². The van der Waals surface area contributed by atoms with Gasteiger partial charge in [-0.3, -0.25) is 4.79 Å². The zero-order valence-electron chi connectivity index (χ0n) is 11.1. The second-order valence-corrected chi connectivity index (χ2v) is 5.33. The molecule has 1 fully saturated rings. The second-order valence-electron chi connectivity index (χ2n) is 4.89. The molecule has 2 unspecified atom stereocenters. The normalized spacial score (nSPS) is 19.8. The number of hydrogen-bond acceptors (Lipinski definition) is 3. The summed E-state index contributed by atoms with van der Waals surface area (Å²) in [4.78, 5) is 23.4. The number of carbonyl (C=O) groups excluding carboxylic acids is 1. The summed E-state index contributed by atoms with van der Waals surface area (Å²) in [7, 11) is 0. The molecule has 21 heavy (non-hydrogen) atoms. The number of halogens is 2. The van der Waals surface area contributed by atoms with Gasteiger partial charge < -0.3 is 15.2 Å². The summed E-state index contributed by atoms with van der Waals surface area (Å²) in [5.74, 6) is -3.04. The Kier molecular flexibility index (Phi) is 5.14. The summed E-state index contributed by atoms with van der Waals surface area (Å²) in [5.41, 5.74) is -0.273. The van der Waals surface area contributed by atoms with Crippen molar-refractivity contribution < 1.29 is 23.8 Å². The first kappa shape index (κ1) is 15.7. The Hall–Kier alpha value is -1.66. The minimum absolute atomic E-state index is 0.203. The summed E-state index contributed by atoms with van der Waals surface area (Å²) < 4.78 is 18.9. The number of ether oxygens (including phenoxy) is 1. The van der Waals surface area contributed by atoms with Crippen molar-refractivity contribution in [2.45, 2.75) is 18.9 Å². The van der Waals surface area contributed by atoms with Crippen LogP contribution in [-0.2, 0) is 9.53 Å². The van der Waals surface area contributed by atoms with E-state index < -0.39 is 23.7 Å². The van der Waals surface area contributed by atoms with Gasteiger partial charge in [0.1, 0.15) is 11.9 Å². The fourth-order valence-corrected chi connectivity index (χ4v) is 2.47. The molecule has 5 nitrogen and oxygen atoms in total. The number of carboxylic acids is 1. The van der Waals surface area contributed by atoms with Crippen LogP contribution in [0.2, 0.25) is 5.02 Å². The van der Waals surface area contributed by atoms with Gasteiger partial charge in [0.15, 0.2) is 0 Å². The molecule has 2 atom stereocenters. The number of amides is 1. The molecule has 2 rings (SSSR count). The maximum absolute atomic E-state index is 13.6. The standard InChI is InChI=1S/C14H15ClFNO4/c15-9-3-4-11(16)10(6-9)13(18)17-12(14(19)20)8-2-1-5-21-7-8/h3-4,6,8,12H,1-2,5,7H2,(H,17,18)(H,19,20). The molecule has 0 aromatic heterocycles. The van der Waals surface area contributed by atoms with Crippen molar-refractivity contribution in [2.24, 2.45) is 5.92 Å². The minimum atomic E-state index is -1.17. The van der Waals surface area contributed by atoms with E-state index in [1.807, 2.05) is 0 Å². The largest absolute Gasteiger partial charge is 0.480 e. The van der Waals surface area contributed by atoms with Crippen LogP contribution in [0.3, 0.4) is 0 Å². The second kappa shape index (κ2) is 6.87. The van der Waals surface area contributed by atoms with E-state index in [0.717, 1.165) is 12.5 Å². The molecule has 1 saturated heterocycles. The highest BCUT2D eigenvalue weighted by atomic mass is 35.5. The average molecular weight is 316 g/mol. The average Bonchev–Trinajstić information content (AvgIpc) is 2.47. The van der Waals surface area contributed by atoms with Crippen LogP contribution < -0.4 is 5.32 Å². The highest BCUT2D eigenvalue weighted by Crippen LogP contribution is 2.19. The predicted octanol–water partition coefficient (Wildman–Crippen LogP) is 2.09. The molecule has 1 heterocycles. The van der Waals surface area contributed by atoms with Crippen LogP contribution in [0.1, 0.15) is 23.2 Å². The fraction of sp³-hybridized carbons (Fsp3) is 0.429. The molecule has 1 amide bonds. The van der Waals surface area contributed by atoms with Crippen LogP contribution >= 0.6 is 11.6 Å². The van der Waals surface area contributed by atoms with Gasteiger partial charge in [-0.05, 0) is 31.0 Å². The van der Waals surface area contributed by atoms with Crippen molar-refractivity contribution in [1.82, 2.24) is 5.32 Å². The third-order valence-electron chi connectivity index (χ3n) is 3.39. The van der Waals surface area contributed by atoms with Gasteiger partial charge >= 0.3 is 5.97 Å². The Bertz CT molecular complexity index is 546. The molecule has 0 radical (unpaired) electrons. The SMILES string of the molecule is O=C(NC(C(=O)O)C1CCCOC1)c1cc(Cl)ccc1F. The number of hydrogen-bond donors (Lipinski definition) is 2. The topological polar surface area (TPSA) is 75.6 Å². The molecule has 0 bridgehead atoms. The number of rotatable bonds is 4. The molecule has 1 aliphatic rings. The van der Waals surface area contributed by atoms with E-state index in [-0.39, 0.29) is 23.1 Å². The molecule has 0 aliphatic carbocycles. The number of benzene rings is 1. The van der Waals surface area contributed by atoms with Gasteiger partial charge in [-0.2, -0.15) is 0 Å². The van der Waals surface area contributed by atoms with Gasteiger partial charge in [0, 0.05) is 17.5 Å². The van der Waals surface area contributed by atoms with E-state index in [2.05, 4.69) is 5.32 Å². The van der Waals surface area contributed by atoms with Crippen molar-refractivity contribution in [2.75, 3.05) is 13.2 Å². The lowest BCUT2D eigenvalue weighted by Gasteiger charge is -2.28. The van der Waals surface area contributed by atoms with Crippen LogP contribution in [0.4, 0.5) is 4.39 Å². The molecule has 1 aromatic rings. The van der Waals surface area contributed by atoms with Crippen molar-refractivity contribution in [3.63, 3.8) is 0 Å². The van der Waals surface area contributed by atoms with Crippen molar-refractivity contribution >= 4 is 23.5 Å². The van der Waals surface area contributed by atoms with E-state index in [4.69, 9.17) is 16.3 Å². The molecule has 114 valence electrons. The summed E-state index contributed by atoms with van der Waals surface area (Å²) in [6.07, 6.45) is 1.37. The molecule has 0 saturated carbocycles. The van der Waals surface area contributed by atoms with Gasteiger partial charge in [-0.25, -0.2) is 9.18 Å². The smallest absolute Gasteiger partial charge is 0.326 e. The first-order chi connectivity index (χ1) is 9.99. The predicted molar refractivity (Wildman–Crippen MR) is 73.8 cm³/mol. The molecule has 2 N–H and O–H groups in total. The number of carboxylic acid groups (broad SMARTS) is 1. The van der Waals surface area contributed by atoms with Crippen molar-refractivity contribution in [3.05, 3.63) is 34.6 Å². The molecular weight excluding hydrogens is 301 g/mol. The third-order valence-corrected chi connectivity index (χ3v) is 3.63. The maximum Gasteiger partial charge on any atom is 0.326 e. The van der Waals surface area contributed by atoms with Crippen LogP contribution in [0.15, 0.2) is 18.2 Å². The molecule has 1 aromatic carbocycles. The quantitative estimate of drug-likeness (QED) is 0.892. The van der Waals surface area contributed by atoms with Crippen LogP contribution in [0, 0.1) is 11.7 Å². The van der Waals surface area contributed by atoms with Gasteiger partial charge in [-0.15, -0.1) is 0 Å². The Morgan fingerprint density at radius 3 is 2.86 bits per heavy atom. The van der Waals surface area contributed by atoms with Gasteiger partial charge in [0.25, 0.3) is 5.91 Å². The highest BCUT2D eigenvalue weighted by molar-refractivity contribution is 6.31. The van der Waals surface area contributed by atoms with Crippen molar-refractivity contribution in [1.29, 1.82) is 0 Å². The molecular formula is C14H15ClFNO4. The summed E-state index contributed by atoms with van der Waals surface area (Å²) >= 11 is 5.73. The van der Waals surface area contributed by atoms with E-state index >= 15 is 0 Å². The summed E-state index contributed by atoms with van der Waals surface area (Å²) in [6, 6.07) is 2.44. The first-order valence-electron chi connectivity index (χ1n) is 6.55. The Morgan fingerprint density at radius 1 is 1.48 bits per heavy atom. The monoisotopic (exact) mass is 315 g/mol. The number of nitrogens with one attached hydrogen (secondary N) is 1. The Morgan fingerprint density at radius 2 is 2.24 bits per heavy atom. The lowest BCUT2D eigenvalue weighted by molar-refractivity contribution is -0.142. The maximum atomic E-state index is 13.6. The van der Waals surface area contributed by atoms with Gasteiger partial charge in [-0.1, -0.05) is 11.6 Å². The zero-order chi connectivity index (χ0) is 15.4. The number of aliphatic carboxylic acids is 1. The Balaban J connectivity index is 2.14. The van der Waals surface area contributed by atoms with E-state index in [1.165, 1.54) is 12.1 Å². The summed E-state index contributed by atoms with van der Waals surface area (Å²) in [5, 5.41) is 11.8. The third kappa shape index (κ3) is 3.92. The van der Waals surface area contributed by atoms with Crippen molar-refractivity contribution in [3.8, 4) is 0 Å². The molecule has 0 spiro atoms. The molecule has 7 heteroatoms. The van der Waals surface area contributed by atoms with Crippen LogP contribution in [-0.4, -0.2) is 36.2 Å². The zero-order valence-corrected chi connectivity index (χ0v) is 11.9. The fourth-order valence-electron chi connectivity index (χ4n) is 2.30. The lowest BCUT2D eigenvalue weighted by Crippen LogP contribution is -2.48. The first-order valence-corrected chi connectivity index (χ1v) is 6.93. The minimum Gasteiger partial charge on any atom is -0.480 e.